The Morgan fingerprint density at radius 2 is 1.90 bits per heavy atom. The van der Waals surface area contributed by atoms with Crippen LogP contribution >= 0.6 is 0 Å². The Kier molecular flexibility index (Phi) is 6.03. The lowest BCUT2D eigenvalue weighted by molar-refractivity contribution is 0.122. The van der Waals surface area contributed by atoms with E-state index in [4.69, 9.17) is 9.15 Å². The number of furan rings is 1. The first kappa shape index (κ1) is 21.0. The summed E-state index contributed by atoms with van der Waals surface area (Å²) in [6.07, 6.45) is 3.16. The van der Waals surface area contributed by atoms with Crippen LogP contribution in [0, 0.1) is 18.7 Å². The Balaban J connectivity index is 1.46. The van der Waals surface area contributed by atoms with Crippen molar-refractivity contribution in [2.75, 3.05) is 36.5 Å². The van der Waals surface area contributed by atoms with E-state index in [1.807, 2.05) is 25.7 Å². The van der Waals surface area contributed by atoms with Crippen molar-refractivity contribution in [2.24, 2.45) is 5.92 Å². The number of morpholine rings is 1. The van der Waals surface area contributed by atoms with Gasteiger partial charge in [0.15, 0.2) is 0 Å². The Bertz CT molecular complexity index is 1060. The number of urea groups is 1. The van der Waals surface area contributed by atoms with Crippen LogP contribution in [0.5, 0.6) is 0 Å². The molecule has 2 N–H and O–H groups in total. The zero-order valence-electron chi connectivity index (χ0n) is 17.8. The number of carbonyl (C=O) groups excluding carboxylic acids is 1. The standard InChI is InChI=1S/C22H26FN5O3/c1-13(2)19(20-14(3)17-10-15(23)4-5-18(17)31-20)27-22(29)26-16-11-24-21(25-12-16)28-6-8-30-9-7-28/h4-5,10-13,19H,6-9H2,1-3H3,(H2,26,27,29)/t19-/m0/s1. The second kappa shape index (κ2) is 8.89. The molecule has 1 aliphatic rings. The van der Waals surface area contributed by atoms with Crippen molar-refractivity contribution in [3.63, 3.8) is 0 Å². The molecule has 1 aromatic carbocycles. The average Bonchev–Trinajstić information content (AvgIpc) is 3.08. The summed E-state index contributed by atoms with van der Waals surface area (Å²) in [5.41, 5.74) is 1.89. The van der Waals surface area contributed by atoms with Gasteiger partial charge in [-0.2, -0.15) is 0 Å². The molecule has 0 spiro atoms. The normalized spacial score (nSPS) is 15.3. The SMILES string of the molecule is Cc1c([C@@H](NC(=O)Nc2cnc(N3CCOCC3)nc2)C(C)C)oc2ccc(F)cc12. The van der Waals surface area contributed by atoms with Gasteiger partial charge in [-0.1, -0.05) is 13.8 Å². The molecular weight excluding hydrogens is 401 g/mol. The second-order valence-electron chi connectivity index (χ2n) is 7.92. The predicted molar refractivity (Wildman–Crippen MR) is 116 cm³/mol. The van der Waals surface area contributed by atoms with E-state index >= 15 is 0 Å². The van der Waals surface area contributed by atoms with E-state index < -0.39 is 6.03 Å². The molecule has 3 aromatic rings. The van der Waals surface area contributed by atoms with Crippen LogP contribution in [0.3, 0.4) is 0 Å². The fourth-order valence-corrected chi connectivity index (χ4v) is 3.66. The van der Waals surface area contributed by atoms with Crippen molar-refractivity contribution < 1.29 is 18.3 Å². The third-order valence-corrected chi connectivity index (χ3v) is 5.36. The highest BCUT2D eigenvalue weighted by molar-refractivity contribution is 5.89. The number of halogens is 1. The number of hydrogen-bond acceptors (Lipinski definition) is 6. The number of benzene rings is 1. The van der Waals surface area contributed by atoms with Crippen molar-refractivity contribution >= 4 is 28.6 Å². The maximum Gasteiger partial charge on any atom is 0.319 e. The van der Waals surface area contributed by atoms with Gasteiger partial charge in [-0.25, -0.2) is 19.2 Å². The maximum atomic E-state index is 13.6. The number of aryl methyl sites for hydroxylation is 1. The van der Waals surface area contributed by atoms with Crippen LogP contribution in [-0.2, 0) is 4.74 Å². The van der Waals surface area contributed by atoms with Gasteiger partial charge in [0.05, 0.1) is 37.3 Å². The molecule has 31 heavy (non-hydrogen) atoms. The first-order valence-corrected chi connectivity index (χ1v) is 10.3. The lowest BCUT2D eigenvalue weighted by atomic mass is 9.98. The predicted octanol–water partition coefficient (Wildman–Crippen LogP) is 4.03. The van der Waals surface area contributed by atoms with Gasteiger partial charge < -0.3 is 24.7 Å². The molecule has 3 heterocycles. The van der Waals surface area contributed by atoms with Crippen molar-refractivity contribution in [3.8, 4) is 0 Å². The van der Waals surface area contributed by atoms with Crippen molar-refractivity contribution in [1.29, 1.82) is 0 Å². The van der Waals surface area contributed by atoms with E-state index in [-0.39, 0.29) is 17.8 Å². The Hall–Kier alpha value is -3.20. The lowest BCUT2D eigenvalue weighted by Crippen LogP contribution is -2.37. The van der Waals surface area contributed by atoms with Crippen LogP contribution in [0.1, 0.15) is 31.2 Å². The van der Waals surface area contributed by atoms with Gasteiger partial charge in [0.1, 0.15) is 17.2 Å². The van der Waals surface area contributed by atoms with Crippen LogP contribution in [0.15, 0.2) is 35.0 Å². The summed E-state index contributed by atoms with van der Waals surface area (Å²) in [4.78, 5) is 23.4. The molecule has 0 bridgehead atoms. The van der Waals surface area contributed by atoms with Gasteiger partial charge in [0.25, 0.3) is 0 Å². The van der Waals surface area contributed by atoms with Crippen molar-refractivity contribution in [2.45, 2.75) is 26.8 Å². The molecular formula is C22H26FN5O3. The van der Waals surface area contributed by atoms with Gasteiger partial charge >= 0.3 is 6.03 Å². The number of amides is 2. The fourth-order valence-electron chi connectivity index (χ4n) is 3.66. The van der Waals surface area contributed by atoms with Crippen molar-refractivity contribution in [1.82, 2.24) is 15.3 Å². The highest BCUT2D eigenvalue weighted by Crippen LogP contribution is 2.33. The molecule has 0 saturated carbocycles. The van der Waals surface area contributed by atoms with E-state index in [1.54, 1.807) is 18.5 Å². The van der Waals surface area contributed by atoms with Gasteiger partial charge in [0.2, 0.25) is 5.95 Å². The Labute approximate surface area is 179 Å². The number of anilines is 2. The van der Waals surface area contributed by atoms with Crippen LogP contribution in [0.2, 0.25) is 0 Å². The molecule has 0 radical (unpaired) electrons. The zero-order chi connectivity index (χ0) is 22.0. The molecule has 164 valence electrons. The molecule has 9 heteroatoms. The maximum absolute atomic E-state index is 13.6. The van der Waals surface area contributed by atoms with Crippen molar-refractivity contribution in [3.05, 3.63) is 47.7 Å². The van der Waals surface area contributed by atoms with Crippen LogP contribution in [0.4, 0.5) is 20.8 Å². The highest BCUT2D eigenvalue weighted by atomic mass is 19.1. The minimum Gasteiger partial charge on any atom is -0.459 e. The average molecular weight is 427 g/mol. The van der Waals surface area contributed by atoms with E-state index in [9.17, 15) is 9.18 Å². The number of rotatable bonds is 5. The number of fused-ring (bicyclic) bond motifs is 1. The van der Waals surface area contributed by atoms with Crippen LogP contribution < -0.4 is 15.5 Å². The monoisotopic (exact) mass is 427 g/mol. The van der Waals surface area contributed by atoms with Gasteiger partial charge in [0, 0.05) is 24.0 Å². The molecule has 0 unspecified atom stereocenters. The summed E-state index contributed by atoms with van der Waals surface area (Å²) < 4.78 is 24.9. The number of carbonyl (C=O) groups is 1. The fraction of sp³-hybridized carbons (Fsp3) is 0.409. The molecule has 1 fully saturated rings. The van der Waals surface area contributed by atoms with E-state index in [0.717, 1.165) is 18.7 Å². The van der Waals surface area contributed by atoms with E-state index in [2.05, 4.69) is 20.6 Å². The summed E-state index contributed by atoms with van der Waals surface area (Å²) in [5.74, 6) is 0.953. The third kappa shape index (κ3) is 4.61. The van der Waals surface area contributed by atoms with E-state index in [1.165, 1.54) is 12.1 Å². The van der Waals surface area contributed by atoms with E-state index in [0.29, 0.717) is 41.6 Å². The number of aromatic nitrogens is 2. The quantitative estimate of drug-likeness (QED) is 0.639. The second-order valence-corrected chi connectivity index (χ2v) is 7.92. The number of ether oxygens (including phenoxy) is 1. The molecule has 1 saturated heterocycles. The number of nitrogens with zero attached hydrogens (tertiary/aromatic N) is 3. The molecule has 2 amide bonds. The summed E-state index contributed by atoms with van der Waals surface area (Å²) in [6.45, 7) is 8.62. The van der Waals surface area contributed by atoms with Crippen LogP contribution in [0.25, 0.3) is 11.0 Å². The topological polar surface area (TPSA) is 92.5 Å². The largest absolute Gasteiger partial charge is 0.459 e. The summed E-state index contributed by atoms with van der Waals surface area (Å²) in [7, 11) is 0. The first-order chi connectivity index (χ1) is 14.9. The number of nitrogens with one attached hydrogen (secondary N) is 2. The number of hydrogen-bond donors (Lipinski definition) is 2. The first-order valence-electron chi connectivity index (χ1n) is 10.3. The smallest absolute Gasteiger partial charge is 0.319 e. The lowest BCUT2D eigenvalue weighted by Gasteiger charge is -2.26. The minimum atomic E-state index is -0.396. The van der Waals surface area contributed by atoms with Gasteiger partial charge in [-0.15, -0.1) is 0 Å². The zero-order valence-corrected chi connectivity index (χ0v) is 17.8. The molecule has 1 atom stereocenters. The summed E-state index contributed by atoms with van der Waals surface area (Å²) >= 11 is 0. The van der Waals surface area contributed by atoms with Gasteiger partial charge in [-0.05, 0) is 31.0 Å². The summed E-state index contributed by atoms with van der Waals surface area (Å²) in [5, 5.41) is 6.43. The minimum absolute atomic E-state index is 0.0507. The third-order valence-electron chi connectivity index (χ3n) is 5.36. The molecule has 4 rings (SSSR count). The molecule has 1 aliphatic heterocycles. The molecule has 0 aliphatic carbocycles. The van der Waals surface area contributed by atoms with Crippen LogP contribution in [-0.4, -0.2) is 42.3 Å². The summed E-state index contributed by atoms with van der Waals surface area (Å²) in [6, 6.07) is 3.63. The van der Waals surface area contributed by atoms with Gasteiger partial charge in [-0.3, -0.25) is 0 Å². The Morgan fingerprint density at radius 3 is 2.58 bits per heavy atom. The highest BCUT2D eigenvalue weighted by Gasteiger charge is 2.25. The molecule has 2 aromatic heterocycles. The molecule has 8 nitrogen and oxygen atoms in total. The Morgan fingerprint density at radius 1 is 1.19 bits per heavy atom.